The fraction of sp³-hybridized carbons (Fsp3) is 0.286. The number of halogens is 1. The monoisotopic (exact) mass is 369 g/mol. The molecule has 2 aromatic rings. The van der Waals surface area contributed by atoms with E-state index in [9.17, 15) is 14.0 Å². The van der Waals surface area contributed by atoms with Crippen molar-refractivity contribution in [2.45, 2.75) is 18.7 Å². The molecule has 0 bridgehead atoms. The van der Waals surface area contributed by atoms with Crippen molar-refractivity contribution in [1.82, 2.24) is 20.2 Å². The number of imide groups is 1. The summed E-state index contributed by atoms with van der Waals surface area (Å²) in [5.74, 6) is 4.95. The molecule has 25 heavy (non-hydrogen) atoms. The number of hydrogen-bond donors (Lipinski definition) is 2. The second-order valence-corrected chi connectivity index (χ2v) is 5.49. The molecule has 0 atom stereocenters. The van der Waals surface area contributed by atoms with Crippen molar-refractivity contribution in [1.29, 1.82) is 0 Å². The summed E-state index contributed by atoms with van der Waals surface area (Å²) in [7, 11) is 0. The van der Waals surface area contributed by atoms with E-state index in [1.807, 2.05) is 5.32 Å². The summed E-state index contributed by atoms with van der Waals surface area (Å²) >= 11 is 0.976. The van der Waals surface area contributed by atoms with Crippen molar-refractivity contribution >= 4 is 23.8 Å². The Bertz CT molecular complexity index is 755. The molecule has 0 aliphatic rings. The predicted molar refractivity (Wildman–Crippen MR) is 86.8 cm³/mol. The second-order valence-electron chi connectivity index (χ2n) is 4.55. The first-order chi connectivity index (χ1) is 12.0. The maximum Gasteiger partial charge on any atom is 0.413 e. The average Bonchev–Trinajstić information content (AvgIpc) is 2.92. The molecule has 2 amide bonds. The molecule has 1 aromatic heterocycles. The normalized spacial score (nSPS) is 10.3. The third-order valence-electron chi connectivity index (χ3n) is 2.78. The Balaban J connectivity index is 1.87. The molecule has 0 unspecified atom stereocenters. The van der Waals surface area contributed by atoms with Gasteiger partial charge in [-0.3, -0.25) is 10.1 Å². The molecule has 11 heteroatoms. The Kier molecular flexibility index (Phi) is 6.57. The lowest BCUT2D eigenvalue weighted by Crippen LogP contribution is -2.32. The van der Waals surface area contributed by atoms with Crippen LogP contribution >= 0.6 is 11.8 Å². The Morgan fingerprint density at radius 2 is 2.12 bits per heavy atom. The standard InChI is InChI=1S/C14H16FN5O4S/c1-2-23-14(22)17-12(21)8-25-13-19-18-11(20(13)16)7-24-10-6-4-3-5-9(10)15/h3-6H,2,7-8,16H2,1H3,(H,17,21,22). The first-order valence-electron chi connectivity index (χ1n) is 7.17. The van der Waals surface area contributed by atoms with E-state index < -0.39 is 17.8 Å². The number of carbonyl (C=O) groups is 2. The number of para-hydroxylation sites is 1. The van der Waals surface area contributed by atoms with Crippen LogP contribution in [0, 0.1) is 5.82 Å². The van der Waals surface area contributed by atoms with E-state index in [0.29, 0.717) is 0 Å². The summed E-state index contributed by atoms with van der Waals surface area (Å²) in [6.45, 7) is 1.69. The number of amides is 2. The molecule has 0 spiro atoms. The van der Waals surface area contributed by atoms with E-state index >= 15 is 0 Å². The van der Waals surface area contributed by atoms with Crippen LogP contribution < -0.4 is 15.9 Å². The van der Waals surface area contributed by atoms with E-state index in [0.717, 1.165) is 16.4 Å². The highest BCUT2D eigenvalue weighted by Gasteiger charge is 2.15. The molecule has 0 aliphatic carbocycles. The quantitative estimate of drug-likeness (QED) is 0.549. The number of nitrogen functional groups attached to an aromatic ring is 1. The second kappa shape index (κ2) is 8.87. The largest absolute Gasteiger partial charge is 0.482 e. The lowest BCUT2D eigenvalue weighted by atomic mass is 10.3. The van der Waals surface area contributed by atoms with Gasteiger partial charge >= 0.3 is 6.09 Å². The molecule has 0 aliphatic heterocycles. The van der Waals surface area contributed by atoms with Gasteiger partial charge in [0.15, 0.2) is 17.4 Å². The molecule has 1 heterocycles. The van der Waals surface area contributed by atoms with Crippen LogP contribution in [0.3, 0.4) is 0 Å². The third-order valence-corrected chi connectivity index (χ3v) is 3.72. The number of hydrogen-bond acceptors (Lipinski definition) is 8. The minimum atomic E-state index is -0.818. The zero-order valence-corrected chi connectivity index (χ0v) is 14.1. The van der Waals surface area contributed by atoms with Crippen molar-refractivity contribution in [2.24, 2.45) is 0 Å². The average molecular weight is 369 g/mol. The summed E-state index contributed by atoms with van der Waals surface area (Å²) in [5.41, 5.74) is 0. The first-order valence-corrected chi connectivity index (χ1v) is 8.16. The minimum absolute atomic E-state index is 0.0634. The Hall–Kier alpha value is -2.82. The van der Waals surface area contributed by atoms with Crippen LogP contribution in [0.5, 0.6) is 5.75 Å². The molecule has 0 saturated heterocycles. The summed E-state index contributed by atoms with van der Waals surface area (Å²) in [6, 6.07) is 5.92. The molecule has 2 rings (SSSR count). The smallest absolute Gasteiger partial charge is 0.413 e. The Morgan fingerprint density at radius 3 is 2.84 bits per heavy atom. The molecular weight excluding hydrogens is 353 g/mol. The van der Waals surface area contributed by atoms with Crippen molar-refractivity contribution in [2.75, 3.05) is 18.2 Å². The van der Waals surface area contributed by atoms with Crippen LogP contribution in [-0.2, 0) is 16.1 Å². The zero-order valence-electron chi connectivity index (χ0n) is 13.3. The third kappa shape index (κ3) is 5.35. The molecular formula is C14H16FN5O4S. The van der Waals surface area contributed by atoms with Crippen molar-refractivity contribution in [3.8, 4) is 5.75 Å². The van der Waals surface area contributed by atoms with Crippen LogP contribution in [0.2, 0.25) is 0 Å². The highest BCUT2D eigenvalue weighted by atomic mass is 32.2. The van der Waals surface area contributed by atoms with Gasteiger partial charge in [-0.15, -0.1) is 10.2 Å². The van der Waals surface area contributed by atoms with Gasteiger partial charge in [0.05, 0.1) is 12.4 Å². The van der Waals surface area contributed by atoms with E-state index in [-0.39, 0.29) is 35.7 Å². The molecule has 9 nitrogen and oxygen atoms in total. The fourth-order valence-electron chi connectivity index (χ4n) is 1.66. The number of nitrogens with two attached hydrogens (primary N) is 1. The molecule has 3 N–H and O–H groups in total. The van der Waals surface area contributed by atoms with Crippen molar-refractivity contribution in [3.05, 3.63) is 35.9 Å². The van der Waals surface area contributed by atoms with Crippen LogP contribution in [-0.4, -0.2) is 39.2 Å². The maximum atomic E-state index is 13.5. The van der Waals surface area contributed by atoms with E-state index in [4.69, 9.17) is 10.6 Å². The van der Waals surface area contributed by atoms with Crippen molar-refractivity contribution < 1.29 is 23.5 Å². The van der Waals surface area contributed by atoms with Crippen LogP contribution in [0.4, 0.5) is 9.18 Å². The highest BCUT2D eigenvalue weighted by Crippen LogP contribution is 2.18. The van der Waals surface area contributed by atoms with E-state index in [2.05, 4.69) is 14.9 Å². The molecule has 0 fully saturated rings. The first kappa shape index (κ1) is 18.5. The summed E-state index contributed by atoms with van der Waals surface area (Å²) in [6.07, 6.45) is -0.818. The number of benzene rings is 1. The fourth-order valence-corrected chi connectivity index (χ4v) is 2.33. The SMILES string of the molecule is CCOC(=O)NC(=O)CSc1nnc(COc2ccccc2F)n1N. The zero-order chi connectivity index (χ0) is 18.2. The lowest BCUT2D eigenvalue weighted by molar-refractivity contribution is -0.117. The molecule has 1 aromatic carbocycles. The molecule has 0 saturated carbocycles. The number of alkyl carbamates (subject to hydrolysis) is 1. The van der Waals surface area contributed by atoms with E-state index in [1.165, 1.54) is 12.1 Å². The van der Waals surface area contributed by atoms with Gasteiger partial charge in [0.2, 0.25) is 11.1 Å². The Labute approximate surface area is 146 Å². The minimum Gasteiger partial charge on any atom is -0.482 e. The number of thioether (sulfide) groups is 1. The number of ether oxygens (including phenoxy) is 2. The summed E-state index contributed by atoms with van der Waals surface area (Å²) in [5, 5.41) is 9.93. The van der Waals surface area contributed by atoms with Gasteiger partial charge in [-0.25, -0.2) is 13.9 Å². The lowest BCUT2D eigenvalue weighted by Gasteiger charge is -2.07. The van der Waals surface area contributed by atoms with Crippen LogP contribution in [0.1, 0.15) is 12.7 Å². The Morgan fingerprint density at radius 1 is 1.36 bits per heavy atom. The van der Waals surface area contributed by atoms with Gasteiger partial charge in [0.1, 0.15) is 6.61 Å². The summed E-state index contributed by atoms with van der Waals surface area (Å²) in [4.78, 5) is 22.7. The summed E-state index contributed by atoms with van der Waals surface area (Å²) < 4.78 is 24.5. The van der Waals surface area contributed by atoms with Crippen LogP contribution in [0.15, 0.2) is 29.4 Å². The van der Waals surface area contributed by atoms with Gasteiger partial charge in [-0.1, -0.05) is 23.9 Å². The van der Waals surface area contributed by atoms with Crippen molar-refractivity contribution in [3.63, 3.8) is 0 Å². The number of aromatic nitrogens is 3. The number of nitrogens with one attached hydrogen (secondary N) is 1. The van der Waals surface area contributed by atoms with Gasteiger partial charge in [0.25, 0.3) is 0 Å². The molecule has 0 radical (unpaired) electrons. The van der Waals surface area contributed by atoms with Gasteiger partial charge in [-0.05, 0) is 19.1 Å². The number of rotatable bonds is 7. The molecule has 134 valence electrons. The number of nitrogens with zero attached hydrogens (tertiary/aromatic N) is 3. The number of carbonyl (C=O) groups excluding carboxylic acids is 2. The van der Waals surface area contributed by atoms with Gasteiger partial charge in [-0.2, -0.15) is 0 Å². The maximum absolute atomic E-state index is 13.5. The van der Waals surface area contributed by atoms with Gasteiger partial charge in [0, 0.05) is 0 Å². The topological polar surface area (TPSA) is 121 Å². The van der Waals surface area contributed by atoms with E-state index in [1.54, 1.807) is 19.1 Å². The van der Waals surface area contributed by atoms with Crippen LogP contribution in [0.25, 0.3) is 0 Å². The van der Waals surface area contributed by atoms with Gasteiger partial charge < -0.3 is 15.3 Å². The predicted octanol–water partition coefficient (Wildman–Crippen LogP) is 1.07. The highest BCUT2D eigenvalue weighted by molar-refractivity contribution is 7.99.